The second-order valence-electron chi connectivity index (χ2n) is 8.80. The molecule has 2 amide bonds. The Kier molecular flexibility index (Phi) is 8.56. The van der Waals surface area contributed by atoms with Gasteiger partial charge in [-0.15, -0.1) is 4.58 Å². The summed E-state index contributed by atoms with van der Waals surface area (Å²) < 4.78 is 12.8. The van der Waals surface area contributed by atoms with E-state index in [-0.39, 0.29) is 11.2 Å². The van der Waals surface area contributed by atoms with E-state index >= 15 is 0 Å². The zero-order chi connectivity index (χ0) is 27.2. The molecular weight excluding hydrogens is 503 g/mol. The number of amides is 2. The summed E-state index contributed by atoms with van der Waals surface area (Å²) in [6, 6.07) is 25.8. The average Bonchev–Trinajstić information content (AvgIpc) is 2.95. The first-order chi connectivity index (χ1) is 18.3. The molecule has 0 saturated carbocycles. The van der Waals surface area contributed by atoms with E-state index in [4.69, 9.17) is 9.47 Å². The van der Waals surface area contributed by atoms with Crippen LogP contribution >= 0.6 is 9.24 Å². The van der Waals surface area contributed by atoms with Crippen LogP contribution < -0.4 is 5.32 Å². The van der Waals surface area contributed by atoms with Crippen molar-refractivity contribution in [2.45, 2.75) is 38.3 Å². The van der Waals surface area contributed by atoms with E-state index in [0.717, 1.165) is 15.7 Å². The number of Topliss-reactive ketones (excluding diaryl/α,β-unsaturated/α-hetero) is 1. The number of carbonyl (C=O) groups excluding carboxylic acids is 4. The van der Waals surface area contributed by atoms with E-state index in [9.17, 15) is 19.2 Å². The highest BCUT2D eigenvalue weighted by molar-refractivity contribution is 7.45. The Morgan fingerprint density at radius 1 is 0.868 bits per heavy atom. The Balaban J connectivity index is 1.61. The van der Waals surface area contributed by atoms with E-state index in [1.807, 2.05) is 60.7 Å². The van der Waals surface area contributed by atoms with Gasteiger partial charge >= 0.3 is 18.1 Å². The first-order valence-corrected chi connectivity index (χ1v) is 12.6. The van der Waals surface area contributed by atoms with Crippen molar-refractivity contribution in [1.82, 2.24) is 5.32 Å². The summed E-state index contributed by atoms with van der Waals surface area (Å²) in [5.41, 5.74) is 1.77. The minimum absolute atomic E-state index is 0.0992. The summed E-state index contributed by atoms with van der Waals surface area (Å²) in [5.74, 6) is -2.07. The summed E-state index contributed by atoms with van der Waals surface area (Å²) in [4.78, 5) is 51.1. The number of hydrogen-bond acceptors (Lipinski definition) is 6. The molecule has 0 radical (unpaired) electrons. The Bertz CT molecular complexity index is 1320. The van der Waals surface area contributed by atoms with Crippen molar-refractivity contribution in [3.05, 3.63) is 108 Å². The zero-order valence-electron chi connectivity index (χ0n) is 20.9. The molecule has 194 valence electrons. The third-order valence-electron chi connectivity index (χ3n) is 6.18. The van der Waals surface area contributed by atoms with Gasteiger partial charge in [0.05, 0.1) is 0 Å². The van der Waals surface area contributed by atoms with Crippen molar-refractivity contribution in [2.24, 2.45) is 0 Å². The quantitative estimate of drug-likeness (QED) is 0.197. The topological polar surface area (TPSA) is 102 Å². The summed E-state index contributed by atoms with van der Waals surface area (Å²) in [6.45, 7) is 2.90. The van der Waals surface area contributed by atoms with Crippen molar-refractivity contribution in [3.8, 4) is 0 Å². The van der Waals surface area contributed by atoms with Crippen LogP contribution in [0.3, 0.4) is 0 Å². The van der Waals surface area contributed by atoms with Gasteiger partial charge in [-0.3, -0.25) is 9.59 Å². The van der Waals surface area contributed by atoms with Gasteiger partial charge in [-0.05, 0) is 46.3 Å². The number of nitrogens with one attached hydrogen (secondary N) is 1. The van der Waals surface area contributed by atoms with Crippen LogP contribution in [-0.2, 0) is 23.9 Å². The van der Waals surface area contributed by atoms with Crippen molar-refractivity contribution in [1.29, 1.82) is 0 Å². The second-order valence-corrected chi connectivity index (χ2v) is 9.34. The van der Waals surface area contributed by atoms with E-state index in [2.05, 4.69) is 14.6 Å². The van der Waals surface area contributed by atoms with Crippen LogP contribution in [0.5, 0.6) is 0 Å². The monoisotopic (exact) mass is 531 g/mol. The lowest BCUT2D eigenvalue weighted by atomic mass is 10.0. The number of nitrogens with zero attached hydrogens (tertiary/aromatic N) is 1. The highest BCUT2D eigenvalue weighted by Crippen LogP contribution is 2.28. The maximum Gasteiger partial charge on any atom is 0.422 e. The lowest BCUT2D eigenvalue weighted by Crippen LogP contribution is -2.69. The third-order valence-corrected chi connectivity index (χ3v) is 6.69. The number of esters is 1. The van der Waals surface area contributed by atoms with Gasteiger partial charge in [0.2, 0.25) is 6.04 Å². The first-order valence-electron chi connectivity index (χ1n) is 12.1. The van der Waals surface area contributed by atoms with Crippen LogP contribution in [0.1, 0.15) is 41.4 Å². The van der Waals surface area contributed by atoms with Crippen molar-refractivity contribution < 1.29 is 33.2 Å². The Morgan fingerprint density at radius 2 is 1.37 bits per heavy atom. The van der Waals surface area contributed by atoms with Gasteiger partial charge in [0, 0.05) is 5.56 Å². The fourth-order valence-corrected chi connectivity index (χ4v) is 4.30. The van der Waals surface area contributed by atoms with Gasteiger partial charge in [-0.25, -0.2) is 9.59 Å². The maximum absolute atomic E-state index is 13.3. The molecule has 1 aliphatic rings. The molecular formula is C29H28N2O6P+. The predicted molar refractivity (Wildman–Crippen MR) is 144 cm³/mol. The number of β-lactam (4-membered cyclic amide) rings is 1. The maximum atomic E-state index is 13.3. The molecule has 0 aromatic heterocycles. The van der Waals surface area contributed by atoms with Gasteiger partial charge in [0.1, 0.15) is 6.10 Å². The van der Waals surface area contributed by atoms with Crippen LogP contribution in [0, 0.1) is 0 Å². The number of rotatable bonds is 9. The molecule has 0 aliphatic carbocycles. The molecule has 3 aromatic rings. The molecule has 38 heavy (non-hydrogen) atoms. The number of ether oxygens (including phenoxy) is 2. The number of ketones is 1. The summed E-state index contributed by atoms with van der Waals surface area (Å²) >= 11 is 0. The van der Waals surface area contributed by atoms with Crippen LogP contribution in [0.25, 0.3) is 0 Å². The summed E-state index contributed by atoms with van der Waals surface area (Å²) in [6.07, 6.45) is -2.68. The predicted octanol–water partition coefficient (Wildman–Crippen LogP) is 3.26. The molecule has 1 aliphatic heterocycles. The molecule has 1 fully saturated rings. The van der Waals surface area contributed by atoms with E-state index in [1.54, 1.807) is 37.3 Å². The molecule has 4 atom stereocenters. The van der Waals surface area contributed by atoms with Gasteiger partial charge in [0.25, 0.3) is 11.4 Å². The van der Waals surface area contributed by atoms with Crippen LogP contribution in [0.15, 0.2) is 91.0 Å². The third kappa shape index (κ3) is 5.93. The summed E-state index contributed by atoms with van der Waals surface area (Å²) in [7, 11) is 2.24. The lowest BCUT2D eigenvalue weighted by Gasteiger charge is -2.32. The van der Waals surface area contributed by atoms with Gasteiger partial charge < -0.3 is 14.8 Å². The Hall–Kier alpha value is -4.00. The minimum atomic E-state index is -1.09. The zero-order valence-corrected chi connectivity index (χ0v) is 22.1. The Morgan fingerprint density at radius 3 is 1.87 bits per heavy atom. The lowest BCUT2D eigenvalue weighted by molar-refractivity contribution is -0.590. The molecule has 0 bridgehead atoms. The van der Waals surface area contributed by atoms with Crippen LogP contribution in [0.4, 0.5) is 0 Å². The van der Waals surface area contributed by atoms with Crippen molar-refractivity contribution >= 4 is 38.3 Å². The summed E-state index contributed by atoms with van der Waals surface area (Å²) in [5, 5.41) is 2.65. The van der Waals surface area contributed by atoms with E-state index in [1.165, 1.54) is 6.92 Å². The fraction of sp³-hybridized carbons (Fsp3) is 0.207. The average molecular weight is 532 g/mol. The highest BCUT2D eigenvalue weighted by atomic mass is 31.0. The number of carbonyl (C=O) groups is 4. The molecule has 9 heteroatoms. The normalized spacial score (nSPS) is 18.8. The van der Waals surface area contributed by atoms with Gasteiger partial charge in [-0.2, -0.15) is 0 Å². The first kappa shape index (κ1) is 27.0. The molecule has 1 heterocycles. The molecule has 8 nitrogen and oxygen atoms in total. The molecule has 1 unspecified atom stereocenters. The largest absolute Gasteiger partial charge is 0.445 e. The van der Waals surface area contributed by atoms with Crippen LogP contribution in [0.2, 0.25) is 0 Å². The molecule has 1 N–H and O–H groups in total. The van der Waals surface area contributed by atoms with E-state index in [0.29, 0.717) is 5.56 Å². The standard InChI is InChI=1S/C29H27N2O6P/c1-18(32)19(2)36-27-23(30-25(33)22-16-10-5-11-17-22)26(34)31(27)28(38)29(35)37-24(20-12-6-3-7-13-20)21-14-8-4-9-15-21/h3-17,19,23-24,27H,38H2,1-2H3/p+1/t19-,23-,27+/m0/s1. The molecule has 0 spiro atoms. The highest BCUT2D eigenvalue weighted by Gasteiger charge is 2.60. The smallest absolute Gasteiger partial charge is 0.422 e. The van der Waals surface area contributed by atoms with E-state index < -0.39 is 42.3 Å². The minimum Gasteiger partial charge on any atom is -0.445 e. The number of hydrogen-bond donors (Lipinski definition) is 1. The van der Waals surface area contributed by atoms with Gasteiger partial charge in [-0.1, -0.05) is 78.9 Å². The van der Waals surface area contributed by atoms with Crippen molar-refractivity contribution in [2.75, 3.05) is 0 Å². The molecule has 3 aromatic carbocycles. The number of benzene rings is 3. The van der Waals surface area contributed by atoms with Gasteiger partial charge in [0.15, 0.2) is 11.9 Å². The second kappa shape index (κ2) is 12.0. The molecule has 1 saturated heterocycles. The Labute approximate surface area is 222 Å². The molecule has 4 rings (SSSR count). The fourth-order valence-electron chi connectivity index (χ4n) is 3.96. The van der Waals surface area contributed by atoms with Crippen LogP contribution in [-0.4, -0.2) is 52.0 Å². The van der Waals surface area contributed by atoms with Crippen molar-refractivity contribution in [3.63, 3.8) is 0 Å². The SMILES string of the molecule is CC(=O)[C@H](C)O[C@@H]1[C@@H](NC(=O)c2ccccc2)C(=O)[N+]1=C(P)C(=O)OC(c1ccccc1)c1ccccc1.